The molecule has 0 N–H and O–H groups in total. The second-order valence-corrected chi connectivity index (χ2v) is 19.4. The minimum atomic E-state index is 0.599. The van der Waals surface area contributed by atoms with Crippen molar-refractivity contribution < 1.29 is 0 Å². The first kappa shape index (κ1) is 6.77. The Kier molecular flexibility index (Phi) is 3.07. The fraction of sp³-hybridized carbons (Fsp3) is 1.00. The van der Waals surface area contributed by atoms with Crippen LogP contribution in [-0.2, 0) is 0 Å². The second-order valence-electron chi connectivity index (χ2n) is 2.94. The molecular formula is C5H16Si3. The summed E-state index contributed by atoms with van der Waals surface area (Å²) in [4.78, 5) is 0. The molecule has 0 aliphatic heterocycles. The molecular weight excluding hydrogens is 144 g/mol. The van der Waals surface area contributed by atoms with Crippen LogP contribution in [-0.4, -0.2) is 27.4 Å². The molecule has 1 fully saturated rings. The van der Waals surface area contributed by atoms with Crippen molar-refractivity contribution in [2.75, 3.05) is 0 Å². The van der Waals surface area contributed by atoms with Crippen LogP contribution in [0, 0.1) is 0 Å². The van der Waals surface area contributed by atoms with E-state index >= 15 is 0 Å². The molecule has 0 aromatic rings. The van der Waals surface area contributed by atoms with Crippen molar-refractivity contribution in [3.63, 3.8) is 0 Å². The minimum absolute atomic E-state index is 0.599. The van der Waals surface area contributed by atoms with Gasteiger partial charge in [-0.05, 0) is 18.3 Å². The predicted octanol–water partition coefficient (Wildman–Crippen LogP) is -1.12. The van der Waals surface area contributed by atoms with Gasteiger partial charge in [0.25, 0.3) is 0 Å². The highest BCUT2D eigenvalue weighted by molar-refractivity contribution is 7.24. The highest BCUT2D eigenvalue weighted by Gasteiger charge is 2.12. The van der Waals surface area contributed by atoms with Gasteiger partial charge in [-0.1, -0.05) is 31.2 Å². The Hall–Kier alpha value is 0.651. The average Bonchev–Trinajstić information content (AvgIpc) is 2.19. The van der Waals surface area contributed by atoms with Gasteiger partial charge in [-0.25, -0.2) is 0 Å². The molecule has 1 aliphatic rings. The molecule has 0 amide bonds. The topological polar surface area (TPSA) is 0 Å². The highest BCUT2D eigenvalue weighted by Crippen LogP contribution is 2.28. The zero-order valence-electron chi connectivity index (χ0n) is 5.82. The average molecular weight is 160 g/mol. The van der Waals surface area contributed by atoms with Crippen LogP contribution in [0.15, 0.2) is 0 Å². The lowest BCUT2D eigenvalue weighted by Gasteiger charge is -2.02. The van der Waals surface area contributed by atoms with Crippen molar-refractivity contribution in [2.45, 2.75) is 31.2 Å². The van der Waals surface area contributed by atoms with Crippen LogP contribution >= 0.6 is 0 Å². The van der Waals surface area contributed by atoms with E-state index in [0.717, 1.165) is 0 Å². The molecule has 0 spiro atoms. The molecule has 48 valence electrons. The third-order valence-corrected chi connectivity index (χ3v) is 13.8. The fourth-order valence-electron chi connectivity index (χ4n) is 1.71. The summed E-state index contributed by atoms with van der Waals surface area (Å²) in [5.74, 6) is 0. The van der Waals surface area contributed by atoms with E-state index in [0.29, 0.717) is 17.6 Å². The van der Waals surface area contributed by atoms with Gasteiger partial charge >= 0.3 is 0 Å². The molecule has 1 rings (SSSR count). The SMILES string of the molecule is [SiH3][SiH2][SiH2]C1CCCC1. The van der Waals surface area contributed by atoms with Gasteiger partial charge in [0.05, 0.1) is 0 Å². The van der Waals surface area contributed by atoms with Gasteiger partial charge < -0.3 is 0 Å². The lowest BCUT2D eigenvalue weighted by atomic mass is 10.4. The summed E-state index contributed by atoms with van der Waals surface area (Å²) in [6.45, 7) is 0. The summed E-state index contributed by atoms with van der Waals surface area (Å²) in [6, 6.07) is 0. The third kappa shape index (κ3) is 1.87. The first-order valence-electron chi connectivity index (χ1n) is 3.93. The van der Waals surface area contributed by atoms with Crippen LogP contribution in [0.3, 0.4) is 0 Å². The van der Waals surface area contributed by atoms with Crippen molar-refractivity contribution in [3.8, 4) is 0 Å². The van der Waals surface area contributed by atoms with Crippen LogP contribution in [0.4, 0.5) is 0 Å². The summed E-state index contributed by atoms with van der Waals surface area (Å²) in [5.41, 5.74) is 1.35. The lowest BCUT2D eigenvalue weighted by Crippen LogP contribution is -2.08. The monoisotopic (exact) mass is 160 g/mol. The third-order valence-electron chi connectivity index (χ3n) is 2.17. The van der Waals surface area contributed by atoms with Crippen LogP contribution in [0.25, 0.3) is 0 Å². The van der Waals surface area contributed by atoms with Gasteiger partial charge in [-0.2, -0.15) is 0 Å². The molecule has 0 atom stereocenters. The summed E-state index contributed by atoms with van der Waals surface area (Å²) >= 11 is 0. The minimum Gasteiger partial charge on any atom is -0.0542 e. The molecule has 0 radical (unpaired) electrons. The zero-order valence-corrected chi connectivity index (χ0v) is 10.6. The van der Waals surface area contributed by atoms with E-state index in [4.69, 9.17) is 0 Å². The molecule has 0 nitrogen and oxygen atoms in total. The summed E-state index contributed by atoms with van der Waals surface area (Å²) in [7, 11) is 2.89. The quantitative estimate of drug-likeness (QED) is 0.449. The Labute approximate surface area is 59.1 Å². The van der Waals surface area contributed by atoms with E-state index in [9.17, 15) is 0 Å². The van der Waals surface area contributed by atoms with Crippen molar-refractivity contribution in [3.05, 3.63) is 0 Å². The molecule has 0 bridgehead atoms. The van der Waals surface area contributed by atoms with Crippen molar-refractivity contribution in [1.82, 2.24) is 0 Å². The molecule has 0 saturated heterocycles. The van der Waals surface area contributed by atoms with E-state index in [1.54, 1.807) is 35.4 Å². The highest BCUT2D eigenvalue weighted by atomic mass is 29.5. The van der Waals surface area contributed by atoms with Crippen LogP contribution < -0.4 is 0 Å². The van der Waals surface area contributed by atoms with Crippen molar-refractivity contribution in [2.24, 2.45) is 0 Å². The molecule has 3 heteroatoms. The fourth-order valence-corrected chi connectivity index (χ4v) is 15.2. The molecule has 1 aliphatic carbocycles. The predicted molar refractivity (Wildman–Crippen MR) is 49.2 cm³/mol. The Balaban J connectivity index is 2.06. The maximum atomic E-state index is 1.64. The van der Waals surface area contributed by atoms with E-state index in [1.807, 2.05) is 0 Å². The lowest BCUT2D eigenvalue weighted by molar-refractivity contribution is 0.876. The standard InChI is InChI=1S/C5H16Si3/c6-8-7-5-3-1-2-4-5/h5H,1-4,7-8H2,6H3. The van der Waals surface area contributed by atoms with Gasteiger partial charge in [-0.3, -0.25) is 0 Å². The van der Waals surface area contributed by atoms with Crippen LogP contribution in [0.1, 0.15) is 25.7 Å². The number of hydrogen-bond acceptors (Lipinski definition) is 0. The van der Waals surface area contributed by atoms with Gasteiger partial charge in [0.1, 0.15) is 0 Å². The van der Waals surface area contributed by atoms with E-state index in [-0.39, 0.29) is 0 Å². The number of rotatable bonds is 2. The first-order chi connectivity index (χ1) is 3.93. The van der Waals surface area contributed by atoms with Crippen LogP contribution in [0.2, 0.25) is 5.54 Å². The van der Waals surface area contributed by atoms with Crippen molar-refractivity contribution >= 4 is 27.4 Å². The Bertz CT molecular complexity index is 58.7. The Morgan fingerprint density at radius 3 is 2.38 bits per heavy atom. The van der Waals surface area contributed by atoms with Gasteiger partial charge in [0.15, 0.2) is 0 Å². The molecule has 8 heavy (non-hydrogen) atoms. The summed E-state index contributed by atoms with van der Waals surface area (Å²) < 4.78 is 0. The normalized spacial score (nSPS) is 25.5. The maximum absolute atomic E-state index is 1.64. The zero-order chi connectivity index (χ0) is 5.82. The molecule has 0 aromatic heterocycles. The van der Waals surface area contributed by atoms with E-state index < -0.39 is 0 Å². The largest absolute Gasteiger partial charge is 0.0542 e. The van der Waals surface area contributed by atoms with Gasteiger partial charge in [0, 0.05) is 9.04 Å². The van der Waals surface area contributed by atoms with Crippen LogP contribution in [0.5, 0.6) is 0 Å². The maximum Gasteiger partial charge on any atom is 0.00842 e. The summed E-state index contributed by atoms with van der Waals surface area (Å²) in [6.07, 6.45) is 6.43. The van der Waals surface area contributed by atoms with Gasteiger partial charge in [0.2, 0.25) is 0 Å². The molecule has 0 unspecified atom stereocenters. The first-order valence-corrected chi connectivity index (χ1v) is 14.4. The van der Waals surface area contributed by atoms with Crippen molar-refractivity contribution in [1.29, 1.82) is 0 Å². The molecule has 0 heterocycles. The Morgan fingerprint density at radius 2 is 1.88 bits per heavy atom. The van der Waals surface area contributed by atoms with E-state index in [1.165, 1.54) is 5.54 Å². The Morgan fingerprint density at radius 1 is 1.25 bits per heavy atom. The smallest absolute Gasteiger partial charge is 0.00842 e. The summed E-state index contributed by atoms with van der Waals surface area (Å²) in [5, 5.41) is 0. The van der Waals surface area contributed by atoms with Gasteiger partial charge in [-0.15, -0.1) is 0 Å². The van der Waals surface area contributed by atoms with E-state index in [2.05, 4.69) is 0 Å². The molecule has 0 aromatic carbocycles. The second kappa shape index (κ2) is 3.63. The number of hydrogen-bond donors (Lipinski definition) is 0. The molecule has 1 saturated carbocycles.